The van der Waals surface area contributed by atoms with Crippen LogP contribution >= 0.6 is 0 Å². The molecule has 2 aliphatic rings. The second kappa shape index (κ2) is 13.8. The van der Waals surface area contributed by atoms with Crippen LogP contribution in [0.4, 0.5) is 4.79 Å². The predicted octanol–water partition coefficient (Wildman–Crippen LogP) is 2.64. The Kier molecular flexibility index (Phi) is 9.62. The maximum Gasteiger partial charge on any atom is 0.334 e. The number of rotatable bonds is 10. The predicted molar refractivity (Wildman–Crippen MR) is 166 cm³/mol. The van der Waals surface area contributed by atoms with Gasteiger partial charge in [0.2, 0.25) is 11.8 Å². The van der Waals surface area contributed by atoms with Crippen LogP contribution in [0.1, 0.15) is 16.7 Å². The summed E-state index contributed by atoms with van der Waals surface area (Å²) in [4.78, 5) is 44.6. The van der Waals surface area contributed by atoms with Crippen molar-refractivity contribution in [2.45, 2.75) is 31.6 Å². The lowest BCUT2D eigenvalue weighted by atomic mass is 9.98. The van der Waals surface area contributed by atoms with E-state index < -0.39 is 12.2 Å². The monoisotopic (exact) mass is 617 g/mol. The maximum atomic E-state index is 14.1. The highest BCUT2D eigenvalue weighted by atomic mass is 16.5. The molecule has 2 atom stereocenters. The van der Waals surface area contributed by atoms with Gasteiger partial charge >= 0.3 is 6.03 Å². The van der Waals surface area contributed by atoms with Crippen molar-refractivity contribution in [2.24, 2.45) is 0 Å². The number of amides is 4. The highest BCUT2D eigenvalue weighted by molar-refractivity contribution is 5.91. The molecule has 2 heterocycles. The van der Waals surface area contributed by atoms with Gasteiger partial charge in [0.15, 0.2) is 11.5 Å². The highest BCUT2D eigenvalue weighted by Gasteiger charge is 2.50. The van der Waals surface area contributed by atoms with Crippen LogP contribution < -0.4 is 19.5 Å². The summed E-state index contributed by atoms with van der Waals surface area (Å²) in [6.45, 7) is 0.721. The summed E-state index contributed by atoms with van der Waals surface area (Å²) in [5, 5.41) is 15.9. The Morgan fingerprint density at radius 3 is 2.22 bits per heavy atom. The van der Waals surface area contributed by atoms with Crippen molar-refractivity contribution >= 4 is 17.8 Å². The first kappa shape index (κ1) is 31.5. The molecule has 0 spiro atoms. The van der Waals surface area contributed by atoms with Gasteiger partial charge in [0.05, 0.1) is 34.4 Å². The molecule has 0 radical (unpaired) electrons. The molecule has 45 heavy (non-hydrogen) atoms. The van der Waals surface area contributed by atoms with E-state index >= 15 is 0 Å². The molecule has 0 unspecified atom stereocenters. The van der Waals surface area contributed by atoms with Gasteiger partial charge in [-0.15, -0.1) is 0 Å². The first-order valence-corrected chi connectivity index (χ1v) is 14.7. The molecule has 12 nitrogen and oxygen atoms in total. The van der Waals surface area contributed by atoms with Crippen LogP contribution in [0.15, 0.2) is 66.7 Å². The third kappa shape index (κ3) is 6.91. The van der Waals surface area contributed by atoms with Gasteiger partial charge in [-0.3, -0.25) is 9.59 Å². The fourth-order valence-electron chi connectivity index (χ4n) is 5.86. The number of methoxy groups -OCH3 is 3. The van der Waals surface area contributed by atoms with Crippen LogP contribution in [-0.2, 0) is 29.0 Å². The van der Waals surface area contributed by atoms with Crippen LogP contribution in [0.5, 0.6) is 23.0 Å². The molecule has 2 saturated heterocycles. The van der Waals surface area contributed by atoms with Gasteiger partial charge in [0, 0.05) is 26.6 Å². The number of piperazine rings is 1. The number of fused-ring (bicyclic) bond motifs is 1. The van der Waals surface area contributed by atoms with E-state index in [1.165, 1.54) is 5.01 Å². The summed E-state index contributed by atoms with van der Waals surface area (Å²) in [5.41, 5.74) is 2.62. The lowest BCUT2D eigenvalue weighted by Crippen LogP contribution is -2.76. The number of urea groups is 1. The van der Waals surface area contributed by atoms with E-state index in [4.69, 9.17) is 14.2 Å². The van der Waals surface area contributed by atoms with Crippen molar-refractivity contribution in [1.82, 2.24) is 25.1 Å². The largest absolute Gasteiger partial charge is 0.508 e. The fourth-order valence-corrected chi connectivity index (χ4v) is 5.86. The van der Waals surface area contributed by atoms with E-state index in [-0.39, 0.29) is 49.7 Å². The van der Waals surface area contributed by atoms with Crippen LogP contribution in [0.25, 0.3) is 0 Å². The number of hydrogen-bond acceptors (Lipinski definition) is 8. The van der Waals surface area contributed by atoms with Gasteiger partial charge in [-0.2, -0.15) is 0 Å². The minimum atomic E-state index is -0.836. The molecule has 0 bridgehead atoms. The number of phenols is 1. The van der Waals surface area contributed by atoms with Crippen molar-refractivity contribution in [2.75, 3.05) is 48.0 Å². The summed E-state index contributed by atoms with van der Waals surface area (Å²) in [6, 6.07) is 18.4. The lowest BCUT2D eigenvalue weighted by molar-refractivity contribution is -0.186. The van der Waals surface area contributed by atoms with Crippen LogP contribution in [0, 0.1) is 0 Å². The van der Waals surface area contributed by atoms with Crippen molar-refractivity contribution in [3.05, 3.63) is 83.4 Å². The number of nitrogens with zero attached hydrogens (tertiary/aromatic N) is 4. The number of phenolic OH excluding ortho intramolecular Hbond substituents is 1. The average molecular weight is 618 g/mol. The first-order valence-electron chi connectivity index (χ1n) is 14.7. The number of carbonyl (C=O) groups is 3. The topological polar surface area (TPSA) is 124 Å². The van der Waals surface area contributed by atoms with Crippen molar-refractivity contribution in [3.63, 3.8) is 0 Å². The zero-order chi connectivity index (χ0) is 32.1. The fraction of sp³-hybridized carbons (Fsp3) is 0.364. The Morgan fingerprint density at radius 2 is 1.56 bits per heavy atom. The molecule has 2 aliphatic heterocycles. The molecule has 238 valence electrons. The number of nitrogens with one attached hydrogen (secondary N) is 1. The van der Waals surface area contributed by atoms with Gasteiger partial charge in [-0.25, -0.2) is 14.8 Å². The van der Waals surface area contributed by atoms with Crippen molar-refractivity contribution < 1.29 is 33.7 Å². The lowest BCUT2D eigenvalue weighted by Gasteiger charge is -2.54. The number of hydrogen-bond donors (Lipinski definition) is 2. The molecule has 0 aromatic heterocycles. The second-order valence-electron chi connectivity index (χ2n) is 11.1. The Balaban J connectivity index is 1.41. The second-order valence-corrected chi connectivity index (χ2v) is 11.1. The molecule has 5 rings (SSSR count). The molecule has 0 saturated carbocycles. The zero-order valence-corrected chi connectivity index (χ0v) is 25.9. The van der Waals surface area contributed by atoms with Gasteiger partial charge in [0.1, 0.15) is 23.7 Å². The van der Waals surface area contributed by atoms with E-state index in [9.17, 15) is 19.5 Å². The van der Waals surface area contributed by atoms with Crippen LogP contribution in [-0.4, -0.2) is 103 Å². The van der Waals surface area contributed by atoms with E-state index in [2.05, 4.69) is 5.32 Å². The summed E-state index contributed by atoms with van der Waals surface area (Å²) in [5.74, 6) is 1.60. The Morgan fingerprint density at radius 1 is 0.889 bits per heavy atom. The number of benzene rings is 3. The van der Waals surface area contributed by atoms with E-state index in [0.29, 0.717) is 24.5 Å². The number of aromatic hydroxyl groups is 1. The van der Waals surface area contributed by atoms with Gasteiger partial charge in [0.25, 0.3) is 0 Å². The van der Waals surface area contributed by atoms with Crippen LogP contribution in [0.3, 0.4) is 0 Å². The minimum Gasteiger partial charge on any atom is -0.508 e. The van der Waals surface area contributed by atoms with Crippen LogP contribution in [0.2, 0.25) is 0 Å². The number of hydrazine groups is 1. The zero-order valence-electron chi connectivity index (χ0n) is 25.9. The van der Waals surface area contributed by atoms with Gasteiger partial charge in [-0.1, -0.05) is 30.3 Å². The molecule has 12 heteroatoms. The maximum absolute atomic E-state index is 14.1. The summed E-state index contributed by atoms with van der Waals surface area (Å²) >= 11 is 0. The van der Waals surface area contributed by atoms with Crippen molar-refractivity contribution in [3.8, 4) is 23.0 Å². The Labute approximate surface area is 262 Å². The molecule has 4 amide bonds. The van der Waals surface area contributed by atoms with Gasteiger partial charge < -0.3 is 34.4 Å². The SMILES string of the molecule is COc1ccc(CNC(=O)N2[C@H]3CN(CCc4ccc(OC)c(OC)c4)C(=O)[C@H](Cc4ccc(O)cc4)N3C(=O)CN2C)cc1. The molecular weight excluding hydrogens is 578 g/mol. The first-order chi connectivity index (χ1) is 21.7. The smallest absolute Gasteiger partial charge is 0.334 e. The molecule has 2 fully saturated rings. The average Bonchev–Trinajstić information content (AvgIpc) is 3.05. The molecule has 2 N–H and O–H groups in total. The quantitative estimate of drug-likeness (QED) is 0.356. The third-order valence-electron chi connectivity index (χ3n) is 8.23. The normalized spacial score (nSPS) is 18.4. The van der Waals surface area contributed by atoms with E-state index in [1.807, 2.05) is 42.5 Å². The minimum absolute atomic E-state index is 0.0581. The third-order valence-corrected chi connectivity index (χ3v) is 8.23. The number of carbonyl (C=O) groups excluding carboxylic acids is 3. The van der Waals surface area contributed by atoms with E-state index in [1.54, 1.807) is 67.5 Å². The number of likely N-dealkylation sites (N-methyl/N-ethyl adjacent to an activating group) is 1. The Hall–Kier alpha value is -4.97. The Bertz CT molecular complexity index is 1510. The standard InChI is InChI=1S/C33H39N5O7/c1-35-21-31(40)37-27(17-22-5-10-25(39)11-6-22)32(41)36(16-15-23-9-14-28(44-3)29(18-23)45-4)20-30(37)38(35)33(42)34-19-24-7-12-26(43-2)13-8-24/h5-14,18,27,30,39H,15-17,19-21H2,1-4H3,(H,34,42)/t27-,30-/m0/s1. The number of ether oxygens (including phenoxy) is 3. The molecular formula is C33H39N5O7. The summed E-state index contributed by atoms with van der Waals surface area (Å²) in [7, 11) is 6.44. The summed E-state index contributed by atoms with van der Waals surface area (Å²) in [6.07, 6.45) is 0.0366. The molecule has 0 aliphatic carbocycles. The molecule has 3 aromatic carbocycles. The van der Waals surface area contributed by atoms with Crippen molar-refractivity contribution in [1.29, 1.82) is 0 Å². The summed E-state index contributed by atoms with van der Waals surface area (Å²) < 4.78 is 16.0. The van der Waals surface area contributed by atoms with E-state index in [0.717, 1.165) is 22.4 Å². The van der Waals surface area contributed by atoms with Gasteiger partial charge in [-0.05, 0) is 59.5 Å². The molecule has 3 aromatic rings. The highest BCUT2D eigenvalue weighted by Crippen LogP contribution is 2.30.